The molecule has 1 heterocycles. The average molecular weight is 430 g/mol. The smallest absolute Gasteiger partial charge is 0.360 e. The van der Waals surface area contributed by atoms with Crippen LogP contribution < -0.4 is 10.6 Å². The number of carbonyl (C=O) groups excluding carboxylic acids is 1. The molecular weight excluding hydrogens is 399 g/mol. The van der Waals surface area contributed by atoms with Gasteiger partial charge in [-0.1, -0.05) is 32.0 Å². The second kappa shape index (κ2) is 9.78. The second-order valence-electron chi connectivity index (χ2n) is 8.32. The van der Waals surface area contributed by atoms with Crippen LogP contribution in [0, 0.1) is 11.8 Å². The monoisotopic (exact) mass is 429 g/mol. The first-order valence-corrected chi connectivity index (χ1v) is 10.4. The van der Waals surface area contributed by atoms with Crippen molar-refractivity contribution in [2.45, 2.75) is 52.3 Å². The van der Waals surface area contributed by atoms with Crippen molar-refractivity contribution in [2.75, 3.05) is 19.6 Å². The predicted molar refractivity (Wildman–Crippen MR) is 113 cm³/mol. The van der Waals surface area contributed by atoms with Gasteiger partial charge in [-0.15, -0.1) is 0 Å². The molecule has 1 saturated heterocycles. The summed E-state index contributed by atoms with van der Waals surface area (Å²) in [6, 6.07) is 5.41. The van der Waals surface area contributed by atoms with Crippen molar-refractivity contribution in [3.63, 3.8) is 0 Å². The molecule has 2 rings (SSSR count). The Kier molecular flexibility index (Phi) is 7.91. The number of nitrogens with one attached hydrogen (secondary N) is 2. The first kappa shape index (κ1) is 23.4. The molecule has 2 N–H and O–H groups in total. The number of amides is 1. The quantitative estimate of drug-likeness (QED) is 0.667. The van der Waals surface area contributed by atoms with E-state index >= 15 is 0 Å². The van der Waals surface area contributed by atoms with Crippen LogP contribution in [0.2, 0.25) is 0 Å². The molecule has 1 fully saturated rings. The highest BCUT2D eigenvalue weighted by Crippen LogP contribution is 2.36. The molecule has 0 spiro atoms. The molecule has 4 nitrogen and oxygen atoms in total. The van der Waals surface area contributed by atoms with Gasteiger partial charge < -0.3 is 15.5 Å². The van der Waals surface area contributed by atoms with Crippen molar-refractivity contribution in [2.24, 2.45) is 11.8 Å². The molecule has 1 aliphatic rings. The van der Waals surface area contributed by atoms with E-state index in [1.165, 1.54) is 6.07 Å². The van der Waals surface area contributed by atoms with E-state index in [9.17, 15) is 18.0 Å². The van der Waals surface area contributed by atoms with Gasteiger partial charge in [-0.2, -0.15) is 13.2 Å². The topological polar surface area (TPSA) is 44.4 Å². The van der Waals surface area contributed by atoms with E-state index in [4.69, 9.17) is 12.2 Å². The molecule has 0 radical (unpaired) electrons. The van der Waals surface area contributed by atoms with Crippen LogP contribution in [0.5, 0.6) is 0 Å². The van der Waals surface area contributed by atoms with E-state index in [0.717, 1.165) is 18.6 Å². The molecule has 0 bridgehead atoms. The SMILES string of the molecule is CC(C)CCNC(=O)C1CN(C(=S)NC(C)C)CC1c1cccc(C(F)(F)F)c1. The number of rotatable bonds is 6. The minimum Gasteiger partial charge on any atom is -0.360 e. The van der Waals surface area contributed by atoms with Gasteiger partial charge in [0.2, 0.25) is 5.91 Å². The maximum atomic E-state index is 13.2. The van der Waals surface area contributed by atoms with E-state index in [1.54, 1.807) is 6.07 Å². The van der Waals surface area contributed by atoms with Crippen LogP contribution in [-0.2, 0) is 11.0 Å². The van der Waals surface area contributed by atoms with Crippen LogP contribution in [-0.4, -0.2) is 41.6 Å². The first-order chi connectivity index (χ1) is 13.5. The van der Waals surface area contributed by atoms with Crippen molar-refractivity contribution >= 4 is 23.2 Å². The highest BCUT2D eigenvalue weighted by atomic mass is 32.1. The zero-order valence-electron chi connectivity index (χ0n) is 17.3. The minimum atomic E-state index is -4.42. The fourth-order valence-corrected chi connectivity index (χ4v) is 3.86. The van der Waals surface area contributed by atoms with Gasteiger partial charge in [0.1, 0.15) is 0 Å². The summed E-state index contributed by atoms with van der Waals surface area (Å²) in [6.45, 7) is 9.41. The lowest BCUT2D eigenvalue weighted by Crippen LogP contribution is -2.42. The zero-order chi connectivity index (χ0) is 21.8. The third-order valence-electron chi connectivity index (χ3n) is 5.02. The van der Waals surface area contributed by atoms with Crippen LogP contribution in [0.1, 0.15) is 51.2 Å². The van der Waals surface area contributed by atoms with E-state index in [2.05, 4.69) is 24.5 Å². The van der Waals surface area contributed by atoms with Crippen molar-refractivity contribution in [3.05, 3.63) is 35.4 Å². The maximum Gasteiger partial charge on any atom is 0.416 e. The number of nitrogens with zero attached hydrogens (tertiary/aromatic N) is 1. The molecule has 29 heavy (non-hydrogen) atoms. The van der Waals surface area contributed by atoms with E-state index in [-0.39, 0.29) is 17.9 Å². The van der Waals surface area contributed by atoms with Crippen LogP contribution in [0.4, 0.5) is 13.2 Å². The summed E-state index contributed by atoms with van der Waals surface area (Å²) in [5.74, 6) is -0.499. The Balaban J connectivity index is 2.25. The molecule has 0 aliphatic carbocycles. The van der Waals surface area contributed by atoms with E-state index in [1.807, 2.05) is 18.7 Å². The standard InChI is InChI=1S/C21H30F3N3OS/c1-13(2)8-9-25-19(28)18-12-27(20(29)26-14(3)4)11-17(18)15-6-5-7-16(10-15)21(22,23)24/h5-7,10,13-14,17-18H,8-9,11-12H2,1-4H3,(H,25,28)(H,26,29). The summed E-state index contributed by atoms with van der Waals surface area (Å²) in [5.41, 5.74) is -0.186. The van der Waals surface area contributed by atoms with Crippen molar-refractivity contribution in [1.29, 1.82) is 0 Å². The fourth-order valence-electron chi connectivity index (χ4n) is 3.47. The summed E-state index contributed by atoms with van der Waals surface area (Å²) in [5, 5.41) is 6.63. The molecule has 2 unspecified atom stereocenters. The van der Waals surface area contributed by atoms with Gasteiger partial charge in [0.05, 0.1) is 11.5 Å². The molecule has 0 aromatic heterocycles. The number of likely N-dealkylation sites (tertiary alicyclic amines) is 1. The Bertz CT molecular complexity index is 721. The van der Waals surface area contributed by atoms with Gasteiger partial charge in [0.15, 0.2) is 5.11 Å². The Morgan fingerprint density at radius 2 is 1.93 bits per heavy atom. The summed E-state index contributed by atoms with van der Waals surface area (Å²) in [4.78, 5) is 14.7. The number of alkyl halides is 3. The van der Waals surface area contributed by atoms with E-state index < -0.39 is 17.7 Å². The van der Waals surface area contributed by atoms with Crippen LogP contribution in [0.25, 0.3) is 0 Å². The van der Waals surface area contributed by atoms with Gasteiger partial charge in [-0.05, 0) is 50.0 Å². The van der Waals surface area contributed by atoms with Crippen molar-refractivity contribution in [1.82, 2.24) is 15.5 Å². The molecular formula is C21H30F3N3OS. The first-order valence-electron chi connectivity index (χ1n) is 9.99. The van der Waals surface area contributed by atoms with Gasteiger partial charge in [0.25, 0.3) is 0 Å². The molecule has 8 heteroatoms. The predicted octanol–water partition coefficient (Wildman–Crippen LogP) is 4.17. The molecule has 162 valence electrons. The number of halogens is 3. The number of benzene rings is 1. The normalized spacial score (nSPS) is 19.7. The third-order valence-corrected chi connectivity index (χ3v) is 5.40. The number of thiocarbonyl (C=S) groups is 1. The Hall–Kier alpha value is -1.83. The van der Waals surface area contributed by atoms with Crippen LogP contribution in [0.3, 0.4) is 0 Å². The highest BCUT2D eigenvalue weighted by Gasteiger charge is 2.40. The van der Waals surface area contributed by atoms with Gasteiger partial charge in [-0.25, -0.2) is 0 Å². The van der Waals surface area contributed by atoms with Crippen molar-refractivity contribution < 1.29 is 18.0 Å². The summed E-state index contributed by atoms with van der Waals surface area (Å²) < 4.78 is 39.5. The van der Waals surface area contributed by atoms with Crippen molar-refractivity contribution in [3.8, 4) is 0 Å². The largest absolute Gasteiger partial charge is 0.416 e. The molecule has 1 aromatic rings. The van der Waals surface area contributed by atoms with Gasteiger partial charge >= 0.3 is 6.18 Å². The van der Waals surface area contributed by atoms with E-state index in [0.29, 0.717) is 36.2 Å². The Labute approximate surface area is 176 Å². The molecule has 0 saturated carbocycles. The molecule has 1 aliphatic heterocycles. The van der Waals surface area contributed by atoms with Crippen LogP contribution in [0.15, 0.2) is 24.3 Å². The lowest BCUT2D eigenvalue weighted by Gasteiger charge is -2.22. The lowest BCUT2D eigenvalue weighted by atomic mass is 9.87. The minimum absolute atomic E-state index is 0.133. The Morgan fingerprint density at radius 3 is 2.52 bits per heavy atom. The highest BCUT2D eigenvalue weighted by molar-refractivity contribution is 7.80. The van der Waals surface area contributed by atoms with Gasteiger partial charge in [0, 0.05) is 31.6 Å². The molecule has 1 aromatic carbocycles. The van der Waals surface area contributed by atoms with Gasteiger partial charge in [-0.3, -0.25) is 4.79 Å². The second-order valence-corrected chi connectivity index (χ2v) is 8.71. The third kappa shape index (κ3) is 6.59. The zero-order valence-corrected chi connectivity index (χ0v) is 18.2. The maximum absolute atomic E-state index is 13.2. The molecule has 2 atom stereocenters. The summed E-state index contributed by atoms with van der Waals surface area (Å²) in [7, 11) is 0. The summed E-state index contributed by atoms with van der Waals surface area (Å²) in [6.07, 6.45) is -3.57. The lowest BCUT2D eigenvalue weighted by molar-refractivity contribution is -0.137. The number of hydrogen-bond donors (Lipinski definition) is 2. The summed E-state index contributed by atoms with van der Waals surface area (Å²) >= 11 is 5.44. The number of carbonyl (C=O) groups is 1. The van der Waals surface area contributed by atoms with Crippen LogP contribution >= 0.6 is 12.2 Å². The number of hydrogen-bond acceptors (Lipinski definition) is 2. The average Bonchev–Trinajstić information content (AvgIpc) is 3.06. The Morgan fingerprint density at radius 1 is 1.24 bits per heavy atom. The molecule has 1 amide bonds. The fraction of sp³-hybridized carbons (Fsp3) is 0.619.